The maximum Gasteiger partial charge on any atom is 0.360 e. The molecule has 2 aromatic rings. The zero-order chi connectivity index (χ0) is 15.6. The molecule has 1 aromatic carbocycles. The smallest absolute Gasteiger partial charge is 0.360 e. The molecule has 7 heteroatoms. The van der Waals surface area contributed by atoms with Gasteiger partial charge in [0.25, 0.3) is 0 Å². The average Bonchev–Trinajstić information content (AvgIpc) is 2.79. The Balaban J connectivity index is 2.57. The highest BCUT2D eigenvalue weighted by molar-refractivity contribution is 6.30. The molecule has 1 heterocycles. The first-order chi connectivity index (χ1) is 9.99. The molecule has 0 bridgehead atoms. The number of ether oxygens (including phenoxy) is 1. The molecular weight excluding hydrogens is 297 g/mol. The van der Waals surface area contributed by atoms with Crippen LogP contribution in [0.4, 0.5) is 10.2 Å². The fraction of sp³-hybridized carbons (Fsp3) is 0.286. The molecule has 0 atom stereocenters. The molecular formula is C14H15ClFN3O2. The van der Waals surface area contributed by atoms with E-state index in [0.717, 1.165) is 0 Å². The number of aryl methyl sites for hydroxylation is 1. The van der Waals surface area contributed by atoms with Crippen LogP contribution in [0.2, 0.25) is 5.02 Å². The van der Waals surface area contributed by atoms with Crippen LogP contribution in [0.5, 0.6) is 0 Å². The summed E-state index contributed by atoms with van der Waals surface area (Å²) in [7, 11) is 0. The van der Waals surface area contributed by atoms with Gasteiger partial charge in [-0.05, 0) is 25.1 Å². The summed E-state index contributed by atoms with van der Waals surface area (Å²) in [4.78, 5) is 16.0. The third-order valence-corrected chi connectivity index (χ3v) is 3.22. The van der Waals surface area contributed by atoms with Gasteiger partial charge in [-0.25, -0.2) is 14.2 Å². The minimum atomic E-state index is -0.586. The quantitative estimate of drug-likeness (QED) is 0.881. The summed E-state index contributed by atoms with van der Waals surface area (Å²) in [6.07, 6.45) is 0.540. The normalized spacial score (nSPS) is 10.7. The number of anilines is 1. The Hall–Kier alpha value is -2.08. The van der Waals surface area contributed by atoms with Crippen molar-refractivity contribution in [2.75, 3.05) is 12.3 Å². The molecule has 21 heavy (non-hydrogen) atoms. The Morgan fingerprint density at radius 3 is 2.76 bits per heavy atom. The molecule has 0 aliphatic rings. The van der Waals surface area contributed by atoms with E-state index in [1.165, 1.54) is 18.2 Å². The lowest BCUT2D eigenvalue weighted by molar-refractivity contribution is 0.0521. The zero-order valence-corrected chi connectivity index (χ0v) is 12.4. The number of carbonyl (C=O) groups is 1. The van der Waals surface area contributed by atoms with Crippen LogP contribution in [-0.4, -0.2) is 22.1 Å². The summed E-state index contributed by atoms with van der Waals surface area (Å²) in [6.45, 7) is 3.80. The van der Waals surface area contributed by atoms with Crippen molar-refractivity contribution in [3.8, 4) is 5.69 Å². The van der Waals surface area contributed by atoms with E-state index in [-0.39, 0.29) is 23.1 Å². The number of nitrogens with zero attached hydrogens (tertiary/aromatic N) is 2. The second-order valence-electron chi connectivity index (χ2n) is 4.27. The van der Waals surface area contributed by atoms with Gasteiger partial charge in [-0.2, -0.15) is 0 Å². The van der Waals surface area contributed by atoms with Crippen LogP contribution in [0.25, 0.3) is 5.69 Å². The number of rotatable bonds is 4. The minimum absolute atomic E-state index is 0.0275. The van der Waals surface area contributed by atoms with E-state index in [0.29, 0.717) is 17.9 Å². The molecule has 0 fully saturated rings. The highest BCUT2D eigenvalue weighted by atomic mass is 35.5. The molecule has 1 aromatic heterocycles. The number of hydrogen-bond donors (Lipinski definition) is 1. The maximum atomic E-state index is 13.3. The molecule has 112 valence electrons. The van der Waals surface area contributed by atoms with E-state index in [1.807, 2.05) is 6.92 Å². The fourth-order valence-electron chi connectivity index (χ4n) is 1.98. The first-order valence-electron chi connectivity index (χ1n) is 6.49. The molecule has 0 saturated carbocycles. The molecule has 0 aliphatic carbocycles. The molecule has 2 N–H and O–H groups in total. The Morgan fingerprint density at radius 1 is 1.48 bits per heavy atom. The van der Waals surface area contributed by atoms with Crippen LogP contribution in [0.3, 0.4) is 0 Å². The maximum absolute atomic E-state index is 13.3. The van der Waals surface area contributed by atoms with E-state index >= 15 is 0 Å². The predicted molar refractivity (Wildman–Crippen MR) is 78.3 cm³/mol. The number of imidazole rings is 1. The summed E-state index contributed by atoms with van der Waals surface area (Å²) in [6, 6.07) is 4.19. The van der Waals surface area contributed by atoms with Crippen LogP contribution < -0.4 is 5.73 Å². The van der Waals surface area contributed by atoms with Crippen LogP contribution in [-0.2, 0) is 11.2 Å². The number of aromatic nitrogens is 2. The third-order valence-electron chi connectivity index (χ3n) is 2.93. The number of nitrogen functional groups attached to an aromatic ring is 1. The van der Waals surface area contributed by atoms with Crippen molar-refractivity contribution < 1.29 is 13.9 Å². The minimum Gasteiger partial charge on any atom is -0.461 e. The van der Waals surface area contributed by atoms with Crippen LogP contribution in [0, 0.1) is 5.82 Å². The Kier molecular flexibility index (Phi) is 4.47. The lowest BCUT2D eigenvalue weighted by Crippen LogP contribution is -2.09. The Labute approximate surface area is 126 Å². The lowest BCUT2D eigenvalue weighted by atomic mass is 10.3. The van der Waals surface area contributed by atoms with Crippen molar-refractivity contribution in [2.24, 2.45) is 0 Å². The topological polar surface area (TPSA) is 70.1 Å². The van der Waals surface area contributed by atoms with Crippen molar-refractivity contribution in [3.63, 3.8) is 0 Å². The van der Waals surface area contributed by atoms with E-state index in [4.69, 9.17) is 22.1 Å². The summed E-state index contributed by atoms with van der Waals surface area (Å²) in [5.41, 5.74) is 6.58. The van der Waals surface area contributed by atoms with Gasteiger partial charge in [-0.3, -0.25) is 4.57 Å². The van der Waals surface area contributed by atoms with E-state index in [1.54, 1.807) is 11.5 Å². The largest absolute Gasteiger partial charge is 0.461 e. The molecule has 2 rings (SSSR count). The van der Waals surface area contributed by atoms with Crippen LogP contribution in [0.1, 0.15) is 30.2 Å². The second kappa shape index (κ2) is 6.13. The van der Waals surface area contributed by atoms with Crippen molar-refractivity contribution >= 4 is 23.4 Å². The van der Waals surface area contributed by atoms with Crippen molar-refractivity contribution in [1.82, 2.24) is 9.55 Å². The molecule has 0 aliphatic heterocycles. The SMILES string of the molecule is CCOC(=O)c1nc(CC)n(-c2ccc(F)c(Cl)c2)c1N. The monoisotopic (exact) mass is 311 g/mol. The van der Waals surface area contributed by atoms with E-state index in [2.05, 4.69) is 4.98 Å². The van der Waals surface area contributed by atoms with Crippen LogP contribution in [0.15, 0.2) is 18.2 Å². The number of carbonyl (C=O) groups excluding carboxylic acids is 1. The molecule has 0 unspecified atom stereocenters. The highest BCUT2D eigenvalue weighted by Crippen LogP contribution is 2.25. The molecule has 0 spiro atoms. The standard InChI is InChI=1S/C14H15ClFN3O2/c1-3-11-18-12(14(20)21-4-2)13(17)19(11)8-5-6-10(16)9(15)7-8/h5-7H,3-4,17H2,1-2H3. The van der Waals surface area contributed by atoms with Gasteiger partial charge in [0.15, 0.2) is 5.69 Å². The molecule has 0 amide bonds. The highest BCUT2D eigenvalue weighted by Gasteiger charge is 2.22. The molecule has 0 saturated heterocycles. The number of benzene rings is 1. The number of esters is 1. The average molecular weight is 312 g/mol. The van der Waals surface area contributed by atoms with Gasteiger partial charge in [-0.15, -0.1) is 0 Å². The Bertz CT molecular complexity index is 685. The van der Waals surface area contributed by atoms with Gasteiger partial charge in [0, 0.05) is 6.42 Å². The van der Waals surface area contributed by atoms with Crippen molar-refractivity contribution in [3.05, 3.63) is 40.6 Å². The van der Waals surface area contributed by atoms with E-state index in [9.17, 15) is 9.18 Å². The summed E-state index contributed by atoms with van der Waals surface area (Å²) < 4.78 is 19.8. The summed E-state index contributed by atoms with van der Waals surface area (Å²) >= 11 is 5.79. The zero-order valence-electron chi connectivity index (χ0n) is 11.7. The molecule has 5 nitrogen and oxygen atoms in total. The van der Waals surface area contributed by atoms with Crippen molar-refractivity contribution in [2.45, 2.75) is 20.3 Å². The van der Waals surface area contributed by atoms with Gasteiger partial charge >= 0.3 is 5.97 Å². The first kappa shape index (κ1) is 15.3. The fourth-order valence-corrected chi connectivity index (χ4v) is 2.16. The molecule has 0 radical (unpaired) electrons. The second-order valence-corrected chi connectivity index (χ2v) is 4.68. The predicted octanol–water partition coefficient (Wildman–Crippen LogP) is 2.99. The third kappa shape index (κ3) is 2.85. The summed E-state index contributed by atoms with van der Waals surface area (Å²) in [5.74, 6) is -0.398. The van der Waals surface area contributed by atoms with Gasteiger partial charge in [-0.1, -0.05) is 18.5 Å². The number of nitrogens with two attached hydrogens (primary N) is 1. The first-order valence-corrected chi connectivity index (χ1v) is 6.87. The lowest BCUT2D eigenvalue weighted by Gasteiger charge is -2.09. The van der Waals surface area contributed by atoms with Gasteiger partial charge in [0.2, 0.25) is 0 Å². The van der Waals surface area contributed by atoms with Gasteiger partial charge in [0.1, 0.15) is 17.5 Å². The Morgan fingerprint density at radius 2 is 2.19 bits per heavy atom. The van der Waals surface area contributed by atoms with Gasteiger partial charge < -0.3 is 10.5 Å². The number of hydrogen-bond acceptors (Lipinski definition) is 4. The number of halogens is 2. The van der Waals surface area contributed by atoms with E-state index < -0.39 is 11.8 Å². The van der Waals surface area contributed by atoms with Gasteiger partial charge in [0.05, 0.1) is 17.3 Å². The van der Waals surface area contributed by atoms with Crippen LogP contribution >= 0.6 is 11.6 Å². The summed E-state index contributed by atoms with van der Waals surface area (Å²) in [5, 5.41) is -0.0275. The van der Waals surface area contributed by atoms with Crippen molar-refractivity contribution in [1.29, 1.82) is 0 Å².